The van der Waals surface area contributed by atoms with Gasteiger partial charge in [0, 0.05) is 30.7 Å². The van der Waals surface area contributed by atoms with E-state index in [9.17, 15) is 0 Å². The van der Waals surface area contributed by atoms with Crippen LogP contribution in [-0.4, -0.2) is 34.6 Å². The van der Waals surface area contributed by atoms with Crippen LogP contribution in [0.25, 0.3) is 11.3 Å². The molecule has 1 saturated heterocycles. The molecule has 0 radical (unpaired) electrons. The van der Waals surface area contributed by atoms with Gasteiger partial charge in [0.15, 0.2) is 0 Å². The molecule has 1 unspecified atom stereocenters. The number of nitriles is 1. The molecule has 2 aliphatic rings. The molecular weight excluding hydrogens is 386 g/mol. The van der Waals surface area contributed by atoms with Crippen molar-refractivity contribution in [3.05, 3.63) is 60.0 Å². The number of anilines is 3. The summed E-state index contributed by atoms with van der Waals surface area (Å²) < 4.78 is 0. The van der Waals surface area contributed by atoms with Crippen LogP contribution in [0.1, 0.15) is 36.3 Å². The van der Waals surface area contributed by atoms with Gasteiger partial charge in [0.25, 0.3) is 0 Å². The monoisotopic (exact) mass is 411 g/mol. The highest BCUT2D eigenvalue weighted by Crippen LogP contribution is 2.42. The number of pyridine rings is 3. The van der Waals surface area contributed by atoms with E-state index in [4.69, 9.17) is 10.2 Å². The molecule has 0 aromatic carbocycles. The molecule has 0 spiro atoms. The van der Waals surface area contributed by atoms with Gasteiger partial charge in [-0.15, -0.1) is 0 Å². The molecule has 1 aliphatic heterocycles. The van der Waals surface area contributed by atoms with E-state index in [2.05, 4.69) is 50.2 Å². The van der Waals surface area contributed by atoms with Gasteiger partial charge in [0.1, 0.15) is 11.6 Å². The highest BCUT2D eigenvalue weighted by molar-refractivity contribution is 5.67. The molecular formula is C24H25N7. The molecule has 4 heterocycles. The normalized spacial score (nSPS) is 17.8. The van der Waals surface area contributed by atoms with Gasteiger partial charge in [-0.3, -0.25) is 4.98 Å². The second-order valence-corrected chi connectivity index (χ2v) is 8.31. The third kappa shape index (κ3) is 4.81. The topological polar surface area (TPSA) is 98.5 Å². The summed E-state index contributed by atoms with van der Waals surface area (Å²) in [5.74, 6) is 2.60. The lowest BCUT2D eigenvalue weighted by atomic mass is 10.1. The van der Waals surface area contributed by atoms with Crippen LogP contribution in [0, 0.1) is 17.2 Å². The first-order chi connectivity index (χ1) is 15.3. The fourth-order valence-electron chi connectivity index (χ4n) is 3.94. The molecule has 1 atom stereocenters. The summed E-state index contributed by atoms with van der Waals surface area (Å²) >= 11 is 0. The van der Waals surface area contributed by atoms with Crippen molar-refractivity contribution >= 4 is 17.3 Å². The Labute approximate surface area is 182 Å². The second-order valence-electron chi connectivity index (χ2n) is 8.31. The summed E-state index contributed by atoms with van der Waals surface area (Å²) in [6.45, 7) is 3.12. The van der Waals surface area contributed by atoms with Crippen LogP contribution in [0.2, 0.25) is 0 Å². The first-order valence-corrected chi connectivity index (χ1v) is 10.8. The third-order valence-corrected chi connectivity index (χ3v) is 5.83. The van der Waals surface area contributed by atoms with E-state index >= 15 is 0 Å². The van der Waals surface area contributed by atoms with Crippen molar-refractivity contribution in [3.63, 3.8) is 0 Å². The molecule has 2 fully saturated rings. The number of hydrogen-bond acceptors (Lipinski definition) is 7. The van der Waals surface area contributed by atoms with Gasteiger partial charge in [0.2, 0.25) is 0 Å². The van der Waals surface area contributed by atoms with Gasteiger partial charge >= 0.3 is 0 Å². The van der Waals surface area contributed by atoms with Crippen molar-refractivity contribution < 1.29 is 0 Å². The summed E-state index contributed by atoms with van der Waals surface area (Å²) in [7, 11) is 0. The lowest BCUT2D eigenvalue weighted by Crippen LogP contribution is -2.17. The van der Waals surface area contributed by atoms with Gasteiger partial charge in [0.05, 0.1) is 23.0 Å². The first-order valence-electron chi connectivity index (χ1n) is 10.8. The zero-order chi connectivity index (χ0) is 21.0. The second kappa shape index (κ2) is 8.70. The van der Waals surface area contributed by atoms with Crippen molar-refractivity contribution in [3.8, 4) is 17.3 Å². The third-order valence-electron chi connectivity index (χ3n) is 5.83. The molecule has 1 saturated carbocycles. The van der Waals surface area contributed by atoms with Crippen molar-refractivity contribution in [2.45, 2.75) is 25.2 Å². The summed E-state index contributed by atoms with van der Waals surface area (Å²) in [6, 6.07) is 11.9. The molecule has 31 heavy (non-hydrogen) atoms. The maximum Gasteiger partial charge on any atom is 0.132 e. The highest BCUT2D eigenvalue weighted by Gasteiger charge is 2.25. The van der Waals surface area contributed by atoms with E-state index in [1.807, 2.05) is 12.4 Å². The van der Waals surface area contributed by atoms with Crippen LogP contribution in [-0.2, 0) is 0 Å². The molecule has 5 rings (SSSR count). The number of rotatable bonds is 7. The molecule has 7 heteroatoms. The van der Waals surface area contributed by atoms with E-state index in [1.165, 1.54) is 24.8 Å². The van der Waals surface area contributed by atoms with E-state index < -0.39 is 0 Å². The largest absolute Gasteiger partial charge is 0.383 e. The Hall–Kier alpha value is -3.50. The summed E-state index contributed by atoms with van der Waals surface area (Å²) in [5, 5.41) is 19.4. The van der Waals surface area contributed by atoms with Gasteiger partial charge in [-0.05, 0) is 80.1 Å². The van der Waals surface area contributed by atoms with Crippen LogP contribution in [0.5, 0.6) is 0 Å². The maximum atomic E-state index is 9.15. The number of hydrogen-bond donors (Lipinski definition) is 3. The standard InChI is InChI=1S/C24H25N7/c25-11-16-4-6-28-23(7-16)31-24-10-19(18-1-2-18)9-22(30-24)20-8-21(15-27-14-20)29-13-17-3-5-26-12-17/h4,6-10,14-15,17-18,26,29H,1-3,5,12-13H2,(H,28,30,31). The Kier molecular flexibility index (Phi) is 5.46. The maximum absolute atomic E-state index is 9.15. The quantitative estimate of drug-likeness (QED) is 0.539. The lowest BCUT2D eigenvalue weighted by molar-refractivity contribution is 0.615. The molecule has 7 nitrogen and oxygen atoms in total. The Bertz CT molecular complexity index is 1110. The molecule has 1 aliphatic carbocycles. The van der Waals surface area contributed by atoms with Crippen LogP contribution in [0.15, 0.2) is 48.9 Å². The minimum absolute atomic E-state index is 0.566. The zero-order valence-electron chi connectivity index (χ0n) is 17.3. The highest BCUT2D eigenvalue weighted by atomic mass is 15.1. The molecule has 3 N–H and O–H groups in total. The summed E-state index contributed by atoms with van der Waals surface area (Å²) in [5.41, 5.74) is 4.73. The van der Waals surface area contributed by atoms with Crippen molar-refractivity contribution in [1.82, 2.24) is 20.3 Å². The van der Waals surface area contributed by atoms with Gasteiger partial charge in [-0.1, -0.05) is 0 Å². The number of aromatic nitrogens is 3. The van der Waals surface area contributed by atoms with Crippen LogP contribution in [0.3, 0.4) is 0 Å². The van der Waals surface area contributed by atoms with Gasteiger partial charge < -0.3 is 16.0 Å². The molecule has 0 bridgehead atoms. The van der Waals surface area contributed by atoms with Crippen molar-refractivity contribution in [2.75, 3.05) is 30.3 Å². The minimum atomic E-state index is 0.566. The number of nitrogens with one attached hydrogen (secondary N) is 3. The fraction of sp³-hybridized carbons (Fsp3) is 0.333. The van der Waals surface area contributed by atoms with Crippen LogP contribution >= 0.6 is 0 Å². The molecule has 3 aromatic rings. The van der Waals surface area contributed by atoms with Crippen LogP contribution < -0.4 is 16.0 Å². The minimum Gasteiger partial charge on any atom is -0.383 e. The Morgan fingerprint density at radius 2 is 2.03 bits per heavy atom. The van der Waals surface area contributed by atoms with E-state index in [0.29, 0.717) is 23.2 Å². The molecule has 3 aromatic heterocycles. The Morgan fingerprint density at radius 1 is 1.10 bits per heavy atom. The zero-order valence-corrected chi connectivity index (χ0v) is 17.3. The van der Waals surface area contributed by atoms with E-state index in [0.717, 1.165) is 42.4 Å². The predicted molar refractivity (Wildman–Crippen MR) is 121 cm³/mol. The summed E-state index contributed by atoms with van der Waals surface area (Å²) in [6.07, 6.45) is 8.99. The average Bonchev–Trinajstić information content (AvgIpc) is 3.53. The van der Waals surface area contributed by atoms with E-state index in [-0.39, 0.29) is 0 Å². The van der Waals surface area contributed by atoms with Crippen molar-refractivity contribution in [1.29, 1.82) is 5.26 Å². The van der Waals surface area contributed by atoms with Gasteiger partial charge in [-0.2, -0.15) is 5.26 Å². The molecule has 0 amide bonds. The Balaban J connectivity index is 1.40. The first kappa shape index (κ1) is 19.5. The Morgan fingerprint density at radius 3 is 2.84 bits per heavy atom. The lowest BCUT2D eigenvalue weighted by Gasteiger charge is -2.13. The average molecular weight is 412 g/mol. The van der Waals surface area contributed by atoms with Crippen molar-refractivity contribution in [2.24, 2.45) is 5.92 Å². The summed E-state index contributed by atoms with van der Waals surface area (Å²) in [4.78, 5) is 13.6. The van der Waals surface area contributed by atoms with Gasteiger partial charge in [-0.25, -0.2) is 9.97 Å². The smallest absolute Gasteiger partial charge is 0.132 e. The SMILES string of the molecule is N#Cc1ccnc(Nc2cc(C3CC3)cc(-c3cncc(NCC4CCNC4)c3)n2)c1. The van der Waals surface area contributed by atoms with Crippen LogP contribution in [0.4, 0.5) is 17.3 Å². The molecule has 156 valence electrons. The fourth-order valence-corrected chi connectivity index (χ4v) is 3.94. The predicted octanol–water partition coefficient (Wildman–Crippen LogP) is 4.05. The number of nitrogens with zero attached hydrogens (tertiary/aromatic N) is 4. The van der Waals surface area contributed by atoms with E-state index in [1.54, 1.807) is 18.3 Å².